The van der Waals surface area contributed by atoms with E-state index >= 15 is 0 Å². The molecule has 0 radical (unpaired) electrons. The first kappa shape index (κ1) is 9.94. The van der Waals surface area contributed by atoms with E-state index in [1.165, 1.54) is 0 Å². The zero-order valence-electron chi connectivity index (χ0n) is 7.70. The van der Waals surface area contributed by atoms with Crippen LogP contribution in [0.5, 0.6) is 5.75 Å². The molecule has 0 amide bonds. The van der Waals surface area contributed by atoms with E-state index in [1.807, 2.05) is 24.5 Å². The van der Waals surface area contributed by atoms with Crippen LogP contribution in [0.25, 0.3) is 0 Å². The minimum atomic E-state index is 0.456. The van der Waals surface area contributed by atoms with Crippen molar-refractivity contribution < 1.29 is 4.74 Å². The molecule has 0 aliphatic carbocycles. The summed E-state index contributed by atoms with van der Waals surface area (Å²) < 4.78 is 5.17. The third-order valence-electron chi connectivity index (χ3n) is 1.73. The molecular weight excluding hydrogens is 182 g/mol. The normalized spacial score (nSPS) is 9.31. The summed E-state index contributed by atoms with van der Waals surface area (Å²) in [5, 5.41) is 8.52. The lowest BCUT2D eigenvalue weighted by atomic mass is 10.2. The number of rotatable bonds is 3. The van der Waals surface area contributed by atoms with Gasteiger partial charge in [0.15, 0.2) is 0 Å². The summed E-state index contributed by atoms with van der Waals surface area (Å²) in [4.78, 5) is 1.08. The summed E-state index contributed by atoms with van der Waals surface area (Å²) >= 11 is 1.63. The molecule has 0 aliphatic heterocycles. The van der Waals surface area contributed by atoms with Crippen LogP contribution in [0.3, 0.4) is 0 Å². The predicted molar refractivity (Wildman–Crippen MR) is 54.1 cm³/mol. The Bertz CT molecular complexity index is 330. The molecule has 0 heterocycles. The van der Waals surface area contributed by atoms with Crippen LogP contribution in [0, 0.1) is 11.3 Å². The summed E-state index contributed by atoms with van der Waals surface area (Å²) in [6, 6.07) is 7.94. The quantitative estimate of drug-likeness (QED) is 0.691. The maximum absolute atomic E-state index is 8.52. The summed E-state index contributed by atoms with van der Waals surface area (Å²) in [7, 11) is 1.65. The largest absolute Gasteiger partial charge is 0.496 e. The molecule has 0 aromatic heterocycles. The van der Waals surface area contributed by atoms with Crippen molar-refractivity contribution in [1.29, 1.82) is 5.26 Å². The third kappa shape index (κ3) is 2.40. The van der Waals surface area contributed by atoms with Gasteiger partial charge in [-0.2, -0.15) is 5.26 Å². The third-order valence-corrected chi connectivity index (χ3v) is 2.49. The van der Waals surface area contributed by atoms with Crippen molar-refractivity contribution in [2.45, 2.75) is 11.3 Å². The molecule has 68 valence electrons. The molecule has 0 spiro atoms. The minimum Gasteiger partial charge on any atom is -0.496 e. The number of nitriles is 1. The van der Waals surface area contributed by atoms with Gasteiger partial charge in [-0.15, -0.1) is 11.8 Å². The minimum absolute atomic E-state index is 0.456. The molecule has 0 unspecified atom stereocenters. The Hall–Kier alpha value is -1.14. The molecule has 1 aromatic rings. The van der Waals surface area contributed by atoms with Gasteiger partial charge < -0.3 is 4.74 Å². The van der Waals surface area contributed by atoms with Gasteiger partial charge in [0.25, 0.3) is 0 Å². The van der Waals surface area contributed by atoms with Crippen LogP contribution in [0.2, 0.25) is 0 Å². The van der Waals surface area contributed by atoms with Gasteiger partial charge in [0, 0.05) is 4.90 Å². The van der Waals surface area contributed by atoms with Crippen molar-refractivity contribution in [3.05, 3.63) is 23.8 Å². The number of thioether (sulfide) groups is 1. The average Bonchev–Trinajstić information content (AvgIpc) is 2.18. The van der Waals surface area contributed by atoms with Crippen molar-refractivity contribution in [1.82, 2.24) is 0 Å². The highest BCUT2D eigenvalue weighted by Gasteiger charge is 2.02. The second-order valence-electron chi connectivity index (χ2n) is 2.52. The lowest BCUT2D eigenvalue weighted by Gasteiger charge is -2.06. The van der Waals surface area contributed by atoms with Crippen molar-refractivity contribution in [3.8, 4) is 11.8 Å². The molecule has 3 heteroatoms. The SMILES string of the molecule is COc1ccc(CC#N)cc1SC. The van der Waals surface area contributed by atoms with Crippen LogP contribution < -0.4 is 4.74 Å². The summed E-state index contributed by atoms with van der Waals surface area (Å²) in [6.45, 7) is 0. The predicted octanol–water partition coefficient (Wildman–Crippen LogP) is 2.48. The zero-order chi connectivity index (χ0) is 9.68. The maximum atomic E-state index is 8.52. The molecular formula is C10H11NOS. The molecule has 0 bridgehead atoms. The molecule has 0 N–H and O–H groups in total. The molecule has 0 saturated heterocycles. The molecule has 0 saturated carbocycles. The fourth-order valence-corrected chi connectivity index (χ4v) is 1.70. The van der Waals surface area contributed by atoms with Crippen molar-refractivity contribution >= 4 is 11.8 Å². The van der Waals surface area contributed by atoms with E-state index in [9.17, 15) is 0 Å². The molecule has 13 heavy (non-hydrogen) atoms. The van der Waals surface area contributed by atoms with Gasteiger partial charge in [0.2, 0.25) is 0 Å². The van der Waals surface area contributed by atoms with Gasteiger partial charge in [-0.25, -0.2) is 0 Å². The van der Waals surface area contributed by atoms with E-state index in [4.69, 9.17) is 10.00 Å². The monoisotopic (exact) mass is 193 g/mol. The van der Waals surface area contributed by atoms with E-state index in [-0.39, 0.29) is 0 Å². The summed E-state index contributed by atoms with van der Waals surface area (Å²) in [5.41, 5.74) is 1.03. The van der Waals surface area contributed by atoms with Crippen molar-refractivity contribution in [2.24, 2.45) is 0 Å². The van der Waals surface area contributed by atoms with Crippen LogP contribution in [0.1, 0.15) is 5.56 Å². The van der Waals surface area contributed by atoms with Crippen molar-refractivity contribution in [2.75, 3.05) is 13.4 Å². The number of nitrogens with zero attached hydrogens (tertiary/aromatic N) is 1. The van der Waals surface area contributed by atoms with Gasteiger partial charge in [-0.05, 0) is 24.0 Å². The Kier molecular flexibility index (Phi) is 3.66. The van der Waals surface area contributed by atoms with Crippen LogP contribution in [-0.4, -0.2) is 13.4 Å². The topological polar surface area (TPSA) is 33.0 Å². The van der Waals surface area contributed by atoms with E-state index in [0.717, 1.165) is 16.2 Å². The van der Waals surface area contributed by atoms with Crippen LogP contribution in [0.4, 0.5) is 0 Å². The molecule has 0 aliphatic rings. The van der Waals surface area contributed by atoms with Gasteiger partial charge in [0.1, 0.15) is 5.75 Å². The highest BCUT2D eigenvalue weighted by atomic mass is 32.2. The highest BCUT2D eigenvalue weighted by Crippen LogP contribution is 2.28. The first-order valence-corrected chi connectivity index (χ1v) is 5.12. The van der Waals surface area contributed by atoms with E-state index in [2.05, 4.69) is 6.07 Å². The fourth-order valence-electron chi connectivity index (χ4n) is 1.08. The zero-order valence-corrected chi connectivity index (χ0v) is 8.52. The Morgan fingerprint density at radius 1 is 1.54 bits per heavy atom. The molecule has 1 rings (SSSR count). The second-order valence-corrected chi connectivity index (χ2v) is 3.37. The molecule has 1 aromatic carbocycles. The first-order chi connectivity index (χ1) is 6.31. The van der Waals surface area contributed by atoms with E-state index in [1.54, 1.807) is 18.9 Å². The fraction of sp³-hybridized carbons (Fsp3) is 0.300. The standard InChI is InChI=1S/C10H11NOS/c1-12-9-4-3-8(5-6-11)7-10(9)13-2/h3-4,7H,5H2,1-2H3. The van der Waals surface area contributed by atoms with Gasteiger partial charge in [0.05, 0.1) is 19.6 Å². The Morgan fingerprint density at radius 2 is 2.31 bits per heavy atom. The Balaban J connectivity index is 3.00. The van der Waals surface area contributed by atoms with Crippen LogP contribution in [0.15, 0.2) is 23.1 Å². The Morgan fingerprint density at radius 3 is 2.85 bits per heavy atom. The first-order valence-electron chi connectivity index (χ1n) is 3.89. The summed E-state index contributed by atoms with van der Waals surface area (Å²) in [5.74, 6) is 0.870. The number of methoxy groups -OCH3 is 1. The maximum Gasteiger partial charge on any atom is 0.132 e. The van der Waals surface area contributed by atoms with Gasteiger partial charge in [-0.1, -0.05) is 6.07 Å². The molecule has 0 fully saturated rings. The average molecular weight is 193 g/mol. The number of hydrogen-bond acceptors (Lipinski definition) is 3. The second kappa shape index (κ2) is 4.78. The summed E-state index contributed by atoms with van der Waals surface area (Å²) in [6.07, 6.45) is 2.45. The number of ether oxygens (including phenoxy) is 1. The molecule has 0 atom stereocenters. The van der Waals surface area contributed by atoms with Gasteiger partial charge >= 0.3 is 0 Å². The lowest BCUT2D eigenvalue weighted by molar-refractivity contribution is 0.404. The molecule has 2 nitrogen and oxygen atoms in total. The highest BCUT2D eigenvalue weighted by molar-refractivity contribution is 7.98. The number of benzene rings is 1. The van der Waals surface area contributed by atoms with Crippen LogP contribution in [-0.2, 0) is 6.42 Å². The lowest BCUT2D eigenvalue weighted by Crippen LogP contribution is -1.88. The van der Waals surface area contributed by atoms with E-state index < -0.39 is 0 Å². The van der Waals surface area contributed by atoms with Crippen molar-refractivity contribution in [3.63, 3.8) is 0 Å². The number of hydrogen-bond donors (Lipinski definition) is 0. The van der Waals surface area contributed by atoms with E-state index in [0.29, 0.717) is 6.42 Å². The van der Waals surface area contributed by atoms with Crippen LogP contribution >= 0.6 is 11.8 Å². The smallest absolute Gasteiger partial charge is 0.132 e. The Labute approximate surface area is 82.5 Å². The van der Waals surface area contributed by atoms with Gasteiger partial charge in [-0.3, -0.25) is 0 Å².